The maximum Gasteiger partial charge on any atom is 0.227 e. The van der Waals surface area contributed by atoms with Crippen molar-refractivity contribution < 1.29 is 4.79 Å². The van der Waals surface area contributed by atoms with Gasteiger partial charge < -0.3 is 15.5 Å². The molecule has 1 heterocycles. The van der Waals surface area contributed by atoms with Crippen LogP contribution in [-0.4, -0.2) is 49.5 Å². The predicted octanol–water partition coefficient (Wildman–Crippen LogP) is 1.45. The molecule has 1 fully saturated rings. The molecule has 1 aliphatic heterocycles. The number of hydrogen-bond donors (Lipinski definition) is 2. The Kier molecular flexibility index (Phi) is 4.42. The zero-order valence-corrected chi connectivity index (χ0v) is 14.2. The predicted molar refractivity (Wildman–Crippen MR) is 83.8 cm³/mol. The van der Waals surface area contributed by atoms with Crippen LogP contribution in [0.4, 0.5) is 0 Å². The standard InChI is InChI=1S/C15H30N4O/c1-13(2,11(20)16-7)9-18-12(17-8)19-10-14(3,4)15(19,5)6/h9-10H2,1-8H3,(H,16,20)(H,17,18). The van der Waals surface area contributed by atoms with E-state index in [-0.39, 0.29) is 16.9 Å². The summed E-state index contributed by atoms with van der Waals surface area (Å²) in [5, 5.41) is 6.04. The summed E-state index contributed by atoms with van der Waals surface area (Å²) in [6, 6.07) is 0. The Balaban J connectivity index is 2.71. The normalized spacial score (nSPS) is 21.2. The van der Waals surface area contributed by atoms with Gasteiger partial charge in [-0.05, 0) is 27.7 Å². The molecular weight excluding hydrogens is 252 g/mol. The van der Waals surface area contributed by atoms with E-state index >= 15 is 0 Å². The number of likely N-dealkylation sites (tertiary alicyclic amines) is 1. The Bertz CT molecular complexity index is 410. The average molecular weight is 282 g/mol. The molecule has 1 aliphatic rings. The van der Waals surface area contributed by atoms with Crippen LogP contribution in [0.25, 0.3) is 0 Å². The number of amides is 1. The van der Waals surface area contributed by atoms with Crippen molar-refractivity contribution in [3.05, 3.63) is 0 Å². The molecule has 0 spiro atoms. The highest BCUT2D eigenvalue weighted by molar-refractivity contribution is 5.85. The van der Waals surface area contributed by atoms with Crippen LogP contribution in [-0.2, 0) is 4.79 Å². The fourth-order valence-corrected chi connectivity index (χ4v) is 2.41. The van der Waals surface area contributed by atoms with Crippen LogP contribution in [0.2, 0.25) is 0 Å². The Hall–Kier alpha value is -1.26. The third-order valence-corrected chi connectivity index (χ3v) is 4.88. The summed E-state index contributed by atoms with van der Waals surface area (Å²) in [6.45, 7) is 14.4. The zero-order chi connectivity index (χ0) is 15.8. The summed E-state index contributed by atoms with van der Waals surface area (Å²) in [4.78, 5) is 18.4. The number of nitrogens with one attached hydrogen (secondary N) is 2. The molecule has 1 saturated heterocycles. The topological polar surface area (TPSA) is 56.7 Å². The van der Waals surface area contributed by atoms with Gasteiger partial charge in [0.1, 0.15) is 0 Å². The fourth-order valence-electron chi connectivity index (χ4n) is 2.41. The molecule has 0 atom stereocenters. The van der Waals surface area contributed by atoms with E-state index < -0.39 is 5.41 Å². The molecular formula is C15H30N4O. The molecule has 0 aromatic rings. The van der Waals surface area contributed by atoms with Crippen LogP contribution < -0.4 is 10.6 Å². The second-order valence-corrected chi connectivity index (χ2v) is 7.39. The van der Waals surface area contributed by atoms with Gasteiger partial charge in [0.05, 0.1) is 5.41 Å². The number of aliphatic imine (C=N–C) groups is 1. The minimum Gasteiger partial charge on any atom is -0.359 e. The van der Waals surface area contributed by atoms with Crippen LogP contribution in [0.5, 0.6) is 0 Å². The van der Waals surface area contributed by atoms with Crippen molar-refractivity contribution in [1.29, 1.82) is 0 Å². The summed E-state index contributed by atoms with van der Waals surface area (Å²) in [5.41, 5.74) is -0.137. The molecule has 116 valence electrons. The van der Waals surface area contributed by atoms with Gasteiger partial charge in [0.15, 0.2) is 5.96 Å². The summed E-state index contributed by atoms with van der Waals surface area (Å²) < 4.78 is 0. The van der Waals surface area contributed by atoms with E-state index in [2.05, 4.69) is 48.2 Å². The van der Waals surface area contributed by atoms with Gasteiger partial charge in [-0.15, -0.1) is 0 Å². The van der Waals surface area contributed by atoms with E-state index in [4.69, 9.17) is 0 Å². The van der Waals surface area contributed by atoms with Crippen LogP contribution in [0, 0.1) is 10.8 Å². The van der Waals surface area contributed by atoms with Gasteiger partial charge in [-0.25, -0.2) is 0 Å². The van der Waals surface area contributed by atoms with Crippen molar-refractivity contribution in [3.63, 3.8) is 0 Å². The number of carbonyl (C=O) groups is 1. The first kappa shape index (κ1) is 16.8. The smallest absolute Gasteiger partial charge is 0.227 e. The first-order valence-electron chi connectivity index (χ1n) is 7.20. The van der Waals surface area contributed by atoms with E-state index in [1.165, 1.54) is 0 Å². The molecule has 0 radical (unpaired) electrons. The highest BCUT2D eigenvalue weighted by Gasteiger charge is 2.53. The van der Waals surface area contributed by atoms with Crippen molar-refractivity contribution in [3.8, 4) is 0 Å². The van der Waals surface area contributed by atoms with Gasteiger partial charge in [-0.3, -0.25) is 9.79 Å². The fraction of sp³-hybridized carbons (Fsp3) is 0.867. The van der Waals surface area contributed by atoms with Crippen molar-refractivity contribution in [2.75, 3.05) is 27.2 Å². The van der Waals surface area contributed by atoms with Crippen LogP contribution >= 0.6 is 0 Å². The Morgan fingerprint density at radius 1 is 1.30 bits per heavy atom. The Morgan fingerprint density at radius 3 is 2.20 bits per heavy atom. The molecule has 2 N–H and O–H groups in total. The minimum absolute atomic E-state index is 0.0312. The molecule has 20 heavy (non-hydrogen) atoms. The third-order valence-electron chi connectivity index (χ3n) is 4.88. The monoisotopic (exact) mass is 282 g/mol. The highest BCUT2D eigenvalue weighted by Crippen LogP contribution is 2.46. The molecule has 0 bridgehead atoms. The molecule has 1 rings (SSSR count). The van der Waals surface area contributed by atoms with Gasteiger partial charge in [0, 0.05) is 38.1 Å². The summed E-state index contributed by atoms with van der Waals surface area (Å²) in [6.07, 6.45) is 0. The van der Waals surface area contributed by atoms with Crippen molar-refractivity contribution in [2.45, 2.75) is 47.1 Å². The van der Waals surface area contributed by atoms with Crippen LogP contribution in [0.3, 0.4) is 0 Å². The molecule has 0 aliphatic carbocycles. The summed E-state index contributed by atoms with van der Waals surface area (Å²) in [5.74, 6) is 0.898. The molecule has 5 nitrogen and oxygen atoms in total. The first-order valence-corrected chi connectivity index (χ1v) is 7.20. The number of rotatable bonds is 3. The molecule has 0 aromatic carbocycles. The van der Waals surface area contributed by atoms with Gasteiger partial charge >= 0.3 is 0 Å². The first-order chi connectivity index (χ1) is 8.99. The number of hydrogen-bond acceptors (Lipinski definition) is 2. The van der Waals surface area contributed by atoms with E-state index in [9.17, 15) is 4.79 Å². The maximum atomic E-state index is 11.8. The average Bonchev–Trinajstić information content (AvgIpc) is 2.36. The third kappa shape index (κ3) is 2.76. The Labute approximate surface area is 123 Å². The number of nitrogens with zero attached hydrogens (tertiary/aromatic N) is 2. The van der Waals surface area contributed by atoms with Crippen LogP contribution in [0.1, 0.15) is 41.5 Å². The second-order valence-electron chi connectivity index (χ2n) is 7.39. The maximum absolute atomic E-state index is 11.8. The molecule has 0 unspecified atom stereocenters. The quantitative estimate of drug-likeness (QED) is 0.608. The lowest BCUT2D eigenvalue weighted by Gasteiger charge is -2.62. The largest absolute Gasteiger partial charge is 0.359 e. The van der Waals surface area contributed by atoms with Gasteiger partial charge in [-0.2, -0.15) is 0 Å². The molecule has 0 saturated carbocycles. The van der Waals surface area contributed by atoms with Crippen molar-refractivity contribution in [1.82, 2.24) is 15.5 Å². The molecule has 5 heteroatoms. The summed E-state index contributed by atoms with van der Waals surface area (Å²) in [7, 11) is 3.45. The van der Waals surface area contributed by atoms with E-state index in [0.29, 0.717) is 6.54 Å². The SMILES string of the molecule is CN=C(NCC(C)(C)C(=O)NC)N1CC(C)(C)C1(C)C. The highest BCUT2D eigenvalue weighted by atomic mass is 16.2. The van der Waals surface area contributed by atoms with E-state index in [1.54, 1.807) is 14.1 Å². The minimum atomic E-state index is -0.463. The Morgan fingerprint density at radius 2 is 1.85 bits per heavy atom. The van der Waals surface area contributed by atoms with Gasteiger partial charge in [0.2, 0.25) is 5.91 Å². The lowest BCUT2D eigenvalue weighted by Crippen LogP contribution is -2.72. The number of guanidine groups is 1. The van der Waals surface area contributed by atoms with E-state index in [1.807, 2.05) is 13.8 Å². The van der Waals surface area contributed by atoms with Crippen molar-refractivity contribution >= 4 is 11.9 Å². The lowest BCUT2D eigenvalue weighted by molar-refractivity contribution is -0.128. The van der Waals surface area contributed by atoms with Gasteiger partial charge in [0.25, 0.3) is 0 Å². The van der Waals surface area contributed by atoms with Gasteiger partial charge in [-0.1, -0.05) is 13.8 Å². The second kappa shape index (κ2) is 5.26. The summed E-state index contributed by atoms with van der Waals surface area (Å²) >= 11 is 0. The van der Waals surface area contributed by atoms with Crippen LogP contribution in [0.15, 0.2) is 4.99 Å². The lowest BCUT2D eigenvalue weighted by atomic mass is 9.65. The molecule has 1 amide bonds. The zero-order valence-electron chi connectivity index (χ0n) is 14.2. The van der Waals surface area contributed by atoms with E-state index in [0.717, 1.165) is 12.5 Å². The molecule has 0 aromatic heterocycles. The van der Waals surface area contributed by atoms with Crippen molar-refractivity contribution in [2.24, 2.45) is 15.8 Å². The number of carbonyl (C=O) groups excluding carboxylic acids is 1.